The molecule has 0 aliphatic heterocycles. The van der Waals surface area contributed by atoms with Gasteiger partial charge in [0.05, 0.1) is 22.2 Å². The number of nitro benzene ring substituents is 1. The number of nitrogens with one attached hydrogen (secondary N) is 1. The Kier molecular flexibility index (Phi) is 5.68. The average Bonchev–Trinajstić information content (AvgIpc) is 2.71. The lowest BCUT2D eigenvalue weighted by atomic mass is 10.1. The number of hydrogen-bond acceptors (Lipinski definition) is 6. The van der Waals surface area contributed by atoms with Gasteiger partial charge in [0.15, 0.2) is 0 Å². The van der Waals surface area contributed by atoms with Gasteiger partial charge in [-0.2, -0.15) is 5.10 Å². The van der Waals surface area contributed by atoms with Crippen LogP contribution in [0.3, 0.4) is 0 Å². The van der Waals surface area contributed by atoms with Gasteiger partial charge in [-0.1, -0.05) is 31.2 Å². The van der Waals surface area contributed by atoms with Crippen molar-refractivity contribution in [3.63, 3.8) is 0 Å². The van der Waals surface area contributed by atoms with Gasteiger partial charge in [-0.3, -0.25) is 19.7 Å². The lowest BCUT2D eigenvalue weighted by Gasteiger charge is -2.13. The number of aryl methyl sites for hydroxylation is 1. The number of fused-ring (bicyclic) bond motifs is 1. The Morgan fingerprint density at radius 1 is 1.24 bits per heavy atom. The van der Waals surface area contributed by atoms with E-state index in [2.05, 4.69) is 10.5 Å². The summed E-state index contributed by atoms with van der Waals surface area (Å²) in [6, 6.07) is 12.6. The first kappa shape index (κ1) is 19.7. The minimum Gasteiger partial charge on any atom is -0.506 e. The molecule has 0 saturated carbocycles. The molecule has 0 radical (unpaired) electrons. The summed E-state index contributed by atoms with van der Waals surface area (Å²) in [5.41, 5.74) is 1.63. The van der Waals surface area contributed by atoms with Gasteiger partial charge < -0.3 is 9.67 Å². The maximum Gasteiger partial charge on any atom is 0.280 e. The van der Waals surface area contributed by atoms with Crippen LogP contribution in [-0.2, 0) is 6.54 Å². The number of nitrogens with zero attached hydrogens (tertiary/aromatic N) is 3. The van der Waals surface area contributed by atoms with E-state index in [1.54, 1.807) is 30.3 Å². The number of hydrogen-bond donors (Lipinski definition) is 2. The molecule has 0 aliphatic carbocycles. The van der Waals surface area contributed by atoms with Gasteiger partial charge in [0.25, 0.3) is 17.2 Å². The van der Waals surface area contributed by atoms with E-state index in [4.69, 9.17) is 0 Å². The van der Waals surface area contributed by atoms with E-state index >= 15 is 0 Å². The third-order valence-corrected chi connectivity index (χ3v) is 4.32. The maximum atomic E-state index is 12.8. The Hall–Kier alpha value is -4.01. The first-order chi connectivity index (χ1) is 14.0. The number of hydrazone groups is 1. The largest absolute Gasteiger partial charge is 0.506 e. The molecule has 3 rings (SSSR count). The summed E-state index contributed by atoms with van der Waals surface area (Å²) >= 11 is 0. The van der Waals surface area contributed by atoms with E-state index in [1.807, 2.05) is 6.92 Å². The second-order valence-corrected chi connectivity index (χ2v) is 6.21. The topological polar surface area (TPSA) is 127 Å². The molecular formula is C20H18N4O5. The van der Waals surface area contributed by atoms with Crippen molar-refractivity contribution in [2.75, 3.05) is 0 Å². The lowest BCUT2D eigenvalue weighted by Crippen LogP contribution is -2.31. The zero-order valence-electron chi connectivity index (χ0n) is 15.5. The molecule has 0 fully saturated rings. The van der Waals surface area contributed by atoms with Crippen molar-refractivity contribution in [3.8, 4) is 5.75 Å². The average molecular weight is 394 g/mol. The Morgan fingerprint density at radius 3 is 2.66 bits per heavy atom. The second kappa shape index (κ2) is 8.34. The highest BCUT2D eigenvalue weighted by Crippen LogP contribution is 2.26. The molecule has 2 aromatic carbocycles. The summed E-state index contributed by atoms with van der Waals surface area (Å²) in [7, 11) is 0. The van der Waals surface area contributed by atoms with Crippen LogP contribution in [0.25, 0.3) is 10.9 Å². The number of carbonyl (C=O) groups is 1. The minimum absolute atomic E-state index is 0.177. The van der Waals surface area contributed by atoms with Crippen molar-refractivity contribution in [2.45, 2.75) is 19.9 Å². The molecule has 9 heteroatoms. The molecule has 9 nitrogen and oxygen atoms in total. The smallest absolute Gasteiger partial charge is 0.280 e. The number of pyridine rings is 1. The molecule has 0 saturated heterocycles. The molecule has 1 amide bonds. The first-order valence-electron chi connectivity index (χ1n) is 8.87. The van der Waals surface area contributed by atoms with Crippen LogP contribution in [0.4, 0.5) is 5.69 Å². The fraction of sp³-hybridized carbons (Fsp3) is 0.150. The first-order valence-corrected chi connectivity index (χ1v) is 8.87. The Balaban J connectivity index is 1.98. The van der Waals surface area contributed by atoms with Crippen LogP contribution < -0.4 is 11.0 Å². The monoisotopic (exact) mass is 394 g/mol. The summed E-state index contributed by atoms with van der Waals surface area (Å²) in [4.78, 5) is 35.8. The van der Waals surface area contributed by atoms with Gasteiger partial charge in [0.1, 0.15) is 11.3 Å². The van der Waals surface area contributed by atoms with Crippen molar-refractivity contribution in [1.82, 2.24) is 9.99 Å². The Bertz CT molecular complexity index is 1180. The van der Waals surface area contributed by atoms with E-state index in [0.29, 0.717) is 23.9 Å². The van der Waals surface area contributed by atoms with Crippen LogP contribution >= 0.6 is 0 Å². The molecule has 0 bridgehead atoms. The highest BCUT2D eigenvalue weighted by atomic mass is 16.6. The Labute approximate surface area is 165 Å². The Morgan fingerprint density at radius 2 is 1.93 bits per heavy atom. The van der Waals surface area contributed by atoms with Crippen LogP contribution in [0.5, 0.6) is 5.75 Å². The molecule has 148 valence electrons. The maximum absolute atomic E-state index is 12.8. The van der Waals surface area contributed by atoms with Crippen LogP contribution in [0.2, 0.25) is 0 Å². The zero-order chi connectivity index (χ0) is 21.0. The molecular weight excluding hydrogens is 376 g/mol. The highest BCUT2D eigenvalue weighted by Gasteiger charge is 2.21. The molecule has 0 spiro atoms. The van der Waals surface area contributed by atoms with Crippen molar-refractivity contribution >= 4 is 28.7 Å². The zero-order valence-corrected chi connectivity index (χ0v) is 15.5. The molecule has 0 aliphatic rings. The van der Waals surface area contributed by atoms with Gasteiger partial charge in [-0.25, -0.2) is 5.43 Å². The summed E-state index contributed by atoms with van der Waals surface area (Å²) in [6.45, 7) is 2.27. The van der Waals surface area contributed by atoms with Gasteiger partial charge >= 0.3 is 0 Å². The van der Waals surface area contributed by atoms with Crippen LogP contribution in [0.1, 0.15) is 29.3 Å². The van der Waals surface area contributed by atoms with Gasteiger partial charge in [0, 0.05) is 18.0 Å². The predicted octanol–water partition coefficient (Wildman–Crippen LogP) is 2.79. The fourth-order valence-electron chi connectivity index (χ4n) is 3.02. The van der Waals surface area contributed by atoms with Crippen LogP contribution in [0, 0.1) is 10.1 Å². The molecule has 1 aromatic heterocycles. The summed E-state index contributed by atoms with van der Waals surface area (Å²) < 4.78 is 1.43. The number of aromatic nitrogens is 1. The van der Waals surface area contributed by atoms with Crippen molar-refractivity contribution in [1.29, 1.82) is 0 Å². The van der Waals surface area contributed by atoms with Crippen LogP contribution in [0.15, 0.2) is 58.4 Å². The third-order valence-electron chi connectivity index (χ3n) is 4.32. The minimum atomic E-state index is -0.905. The lowest BCUT2D eigenvalue weighted by molar-refractivity contribution is -0.385. The summed E-state index contributed by atoms with van der Waals surface area (Å²) in [5, 5.41) is 25.6. The number of amides is 1. The van der Waals surface area contributed by atoms with Crippen molar-refractivity contribution in [2.24, 2.45) is 5.10 Å². The number of rotatable bonds is 6. The number of nitro groups is 1. The number of aromatic hydroxyl groups is 1. The fourth-order valence-corrected chi connectivity index (χ4v) is 3.02. The summed E-state index contributed by atoms with van der Waals surface area (Å²) in [5.74, 6) is -1.34. The second-order valence-electron chi connectivity index (χ2n) is 6.21. The molecule has 29 heavy (non-hydrogen) atoms. The number of para-hydroxylation sites is 2. The summed E-state index contributed by atoms with van der Waals surface area (Å²) in [6.07, 6.45) is 1.77. The quantitative estimate of drug-likeness (QED) is 0.378. The molecule has 0 atom stereocenters. The van der Waals surface area contributed by atoms with E-state index in [0.717, 1.165) is 6.21 Å². The number of benzene rings is 2. The van der Waals surface area contributed by atoms with E-state index in [1.165, 1.54) is 22.8 Å². The van der Waals surface area contributed by atoms with Gasteiger partial charge in [-0.15, -0.1) is 0 Å². The predicted molar refractivity (Wildman–Crippen MR) is 108 cm³/mol. The molecule has 3 aromatic rings. The van der Waals surface area contributed by atoms with Crippen molar-refractivity contribution in [3.05, 3.63) is 80.1 Å². The van der Waals surface area contributed by atoms with Crippen LogP contribution in [-0.4, -0.2) is 26.7 Å². The SMILES string of the molecule is CCCn1c(=O)c(C(=O)N/N=C\c2ccccc2[N+](=O)[O-])c(O)c2ccccc21. The highest BCUT2D eigenvalue weighted by molar-refractivity contribution is 6.02. The van der Waals surface area contributed by atoms with Gasteiger partial charge in [0.2, 0.25) is 0 Å². The van der Waals surface area contributed by atoms with Gasteiger partial charge in [-0.05, 0) is 24.6 Å². The normalized spacial score (nSPS) is 11.1. The van der Waals surface area contributed by atoms with E-state index in [-0.39, 0.29) is 11.3 Å². The molecule has 0 unspecified atom stereocenters. The van der Waals surface area contributed by atoms with Crippen molar-refractivity contribution < 1.29 is 14.8 Å². The number of carbonyl (C=O) groups excluding carboxylic acids is 1. The standard InChI is InChI=1S/C20H18N4O5/c1-2-11-23-16-10-6-4-8-14(16)18(25)17(20(23)27)19(26)22-21-12-13-7-3-5-9-15(13)24(28)29/h3-10,12,25H,2,11H2,1H3,(H,22,26)/b21-12-. The van der Waals surface area contributed by atoms with E-state index < -0.39 is 27.7 Å². The van der Waals surface area contributed by atoms with E-state index in [9.17, 15) is 24.8 Å². The third kappa shape index (κ3) is 3.84. The molecule has 2 N–H and O–H groups in total. The molecule has 1 heterocycles.